The zero-order valence-electron chi connectivity index (χ0n) is 8.24. The monoisotopic (exact) mass is 272 g/mol. The fraction of sp³-hybridized carbons (Fsp3) is 0.143. The standard InChI is InChI=1S/C7H7BF4NO3S/c9-8(10,11)6-1-5(4-13)2-7(3-6)16-17(12,14)15/h1-3H,4,13H2/q-1. The van der Waals surface area contributed by atoms with Gasteiger partial charge in [0.2, 0.25) is 0 Å². The molecule has 1 aromatic carbocycles. The molecule has 10 heteroatoms. The van der Waals surface area contributed by atoms with Gasteiger partial charge in [0.05, 0.1) is 0 Å². The number of nitrogens with two attached hydrogens (primary N) is 1. The summed E-state index contributed by atoms with van der Waals surface area (Å²) in [6, 6.07) is 2.07. The maximum absolute atomic E-state index is 12.4. The van der Waals surface area contributed by atoms with Crippen LogP contribution in [0, 0.1) is 0 Å². The number of hydrogen-bond acceptors (Lipinski definition) is 4. The Morgan fingerprint density at radius 2 is 1.82 bits per heavy atom. The summed E-state index contributed by atoms with van der Waals surface area (Å²) in [6.07, 6.45) is 0. The molecule has 0 bridgehead atoms. The maximum Gasteiger partial charge on any atom is 0.509 e. The fourth-order valence-corrected chi connectivity index (χ4v) is 1.48. The highest BCUT2D eigenvalue weighted by atomic mass is 32.3. The molecule has 0 amide bonds. The summed E-state index contributed by atoms with van der Waals surface area (Å²) in [5.41, 5.74) is 4.02. The second kappa shape index (κ2) is 4.53. The van der Waals surface area contributed by atoms with Gasteiger partial charge in [0, 0.05) is 6.54 Å². The Hall–Kier alpha value is -1.29. The first-order valence-electron chi connectivity index (χ1n) is 4.30. The van der Waals surface area contributed by atoms with Crippen LogP contribution in [0.3, 0.4) is 0 Å². The zero-order chi connectivity index (χ0) is 13.3. The third-order valence-electron chi connectivity index (χ3n) is 1.80. The lowest BCUT2D eigenvalue weighted by Gasteiger charge is -2.16. The molecule has 0 atom stereocenters. The van der Waals surface area contributed by atoms with Crippen molar-refractivity contribution in [1.82, 2.24) is 0 Å². The van der Waals surface area contributed by atoms with Crippen molar-refractivity contribution < 1.29 is 29.4 Å². The highest BCUT2D eigenvalue weighted by Crippen LogP contribution is 2.19. The van der Waals surface area contributed by atoms with Crippen LogP contribution in [0.2, 0.25) is 0 Å². The first-order valence-corrected chi connectivity index (χ1v) is 5.60. The van der Waals surface area contributed by atoms with Crippen LogP contribution in [0.25, 0.3) is 0 Å². The van der Waals surface area contributed by atoms with E-state index < -0.39 is 28.7 Å². The highest BCUT2D eigenvalue weighted by Gasteiger charge is 2.27. The van der Waals surface area contributed by atoms with E-state index in [-0.39, 0.29) is 12.1 Å². The van der Waals surface area contributed by atoms with Crippen LogP contribution >= 0.6 is 0 Å². The van der Waals surface area contributed by atoms with E-state index >= 15 is 0 Å². The molecule has 0 aromatic heterocycles. The topological polar surface area (TPSA) is 69.4 Å². The van der Waals surface area contributed by atoms with Gasteiger partial charge in [0.1, 0.15) is 5.75 Å². The van der Waals surface area contributed by atoms with Gasteiger partial charge in [-0.25, -0.2) is 0 Å². The summed E-state index contributed by atoms with van der Waals surface area (Å²) in [6.45, 7) is -5.61. The third-order valence-corrected chi connectivity index (χ3v) is 2.19. The van der Waals surface area contributed by atoms with Gasteiger partial charge in [-0.2, -0.15) is 8.42 Å². The van der Waals surface area contributed by atoms with E-state index in [9.17, 15) is 25.3 Å². The van der Waals surface area contributed by atoms with E-state index in [1.54, 1.807) is 0 Å². The van der Waals surface area contributed by atoms with Crippen LogP contribution in [0.1, 0.15) is 5.56 Å². The molecule has 2 N–H and O–H groups in total. The van der Waals surface area contributed by atoms with Crippen molar-refractivity contribution in [2.24, 2.45) is 5.73 Å². The lowest BCUT2D eigenvalue weighted by atomic mass is 9.79. The third kappa shape index (κ3) is 4.23. The van der Waals surface area contributed by atoms with E-state index in [1.165, 1.54) is 0 Å². The number of hydrogen-bond donors (Lipinski definition) is 1. The molecule has 1 aromatic rings. The van der Waals surface area contributed by atoms with Crippen LogP contribution in [0.15, 0.2) is 18.2 Å². The Balaban J connectivity index is 3.24. The van der Waals surface area contributed by atoms with Gasteiger partial charge in [0.15, 0.2) is 0 Å². The molecule has 0 heterocycles. The molecule has 96 valence electrons. The molecule has 17 heavy (non-hydrogen) atoms. The van der Waals surface area contributed by atoms with Crippen molar-refractivity contribution >= 4 is 22.9 Å². The molecule has 0 aliphatic carbocycles. The summed E-state index contributed by atoms with van der Waals surface area (Å²) < 4.78 is 73.6. The zero-order valence-corrected chi connectivity index (χ0v) is 9.06. The Morgan fingerprint density at radius 3 is 2.24 bits per heavy atom. The molecular weight excluding hydrogens is 265 g/mol. The number of benzene rings is 1. The minimum absolute atomic E-state index is 0.0136. The highest BCUT2D eigenvalue weighted by molar-refractivity contribution is 7.81. The lowest BCUT2D eigenvalue weighted by molar-refractivity contribution is 0.439. The van der Waals surface area contributed by atoms with Gasteiger partial charge >= 0.3 is 17.5 Å². The molecule has 4 nitrogen and oxygen atoms in total. The molecule has 0 radical (unpaired) electrons. The summed E-state index contributed by atoms with van der Waals surface area (Å²) in [4.78, 5) is 0. The minimum atomic E-state index is -5.37. The van der Waals surface area contributed by atoms with Crippen LogP contribution in [-0.4, -0.2) is 15.4 Å². The molecule has 1 rings (SSSR count). The molecule has 0 unspecified atom stereocenters. The Kier molecular flexibility index (Phi) is 3.67. The summed E-state index contributed by atoms with van der Waals surface area (Å²) >= 11 is 0. The first kappa shape index (κ1) is 13.8. The van der Waals surface area contributed by atoms with Gasteiger partial charge in [-0.05, 0) is 17.7 Å². The van der Waals surface area contributed by atoms with Crippen LogP contribution < -0.4 is 15.4 Å². The molecule has 0 aliphatic rings. The Bertz CT molecular complexity index is 516. The SMILES string of the molecule is NCc1cc(OS(=O)(=O)F)cc([B-](F)(F)F)c1. The number of halogens is 4. The van der Waals surface area contributed by atoms with Gasteiger partial charge in [-0.1, -0.05) is 9.95 Å². The second-order valence-electron chi connectivity index (χ2n) is 3.17. The largest absolute Gasteiger partial charge is 0.509 e. The van der Waals surface area contributed by atoms with Crippen LogP contribution in [-0.2, 0) is 17.0 Å². The second-order valence-corrected chi connectivity index (χ2v) is 4.12. The summed E-state index contributed by atoms with van der Waals surface area (Å²) in [7, 11) is -5.37. The van der Waals surface area contributed by atoms with Gasteiger partial charge in [-0.15, -0.1) is 5.46 Å². The Labute approximate surface area is 94.8 Å². The van der Waals surface area contributed by atoms with Crippen LogP contribution in [0.4, 0.5) is 16.8 Å². The van der Waals surface area contributed by atoms with Crippen molar-refractivity contribution in [2.45, 2.75) is 6.54 Å². The van der Waals surface area contributed by atoms with E-state index in [0.29, 0.717) is 6.07 Å². The molecule has 0 saturated carbocycles. The van der Waals surface area contributed by atoms with Gasteiger partial charge in [0.25, 0.3) is 0 Å². The normalized spacial score (nSPS) is 12.5. The fourth-order valence-electron chi connectivity index (χ4n) is 1.16. The summed E-state index contributed by atoms with van der Waals surface area (Å²) in [5.74, 6) is -0.760. The smallest absolute Gasteiger partial charge is 0.445 e. The van der Waals surface area contributed by atoms with Crippen molar-refractivity contribution in [2.75, 3.05) is 0 Å². The van der Waals surface area contributed by atoms with Crippen molar-refractivity contribution in [3.05, 3.63) is 23.8 Å². The van der Waals surface area contributed by atoms with Crippen LogP contribution in [0.5, 0.6) is 5.75 Å². The van der Waals surface area contributed by atoms with E-state index in [4.69, 9.17) is 5.73 Å². The molecule has 0 fully saturated rings. The quantitative estimate of drug-likeness (QED) is 0.500. The maximum atomic E-state index is 12.4. The van der Waals surface area contributed by atoms with Crippen molar-refractivity contribution in [3.63, 3.8) is 0 Å². The first-order chi connectivity index (χ1) is 7.62. The van der Waals surface area contributed by atoms with E-state index in [1.807, 2.05) is 0 Å². The predicted molar refractivity (Wildman–Crippen MR) is 53.7 cm³/mol. The lowest BCUT2D eigenvalue weighted by Crippen LogP contribution is -2.34. The average molecular weight is 272 g/mol. The molecule has 0 aliphatic heterocycles. The van der Waals surface area contributed by atoms with Crippen molar-refractivity contribution in [1.29, 1.82) is 0 Å². The number of rotatable bonds is 4. The summed E-state index contributed by atoms with van der Waals surface area (Å²) in [5, 5.41) is 0. The van der Waals surface area contributed by atoms with Gasteiger partial charge in [-0.3, -0.25) is 0 Å². The van der Waals surface area contributed by atoms with Crippen molar-refractivity contribution in [3.8, 4) is 5.75 Å². The minimum Gasteiger partial charge on any atom is -0.445 e. The molecule has 0 saturated heterocycles. The molecular formula is C7H7BF4NO3S-. The molecule has 0 spiro atoms. The van der Waals surface area contributed by atoms with E-state index in [2.05, 4.69) is 4.18 Å². The van der Waals surface area contributed by atoms with E-state index in [0.717, 1.165) is 12.1 Å². The Morgan fingerprint density at radius 1 is 1.24 bits per heavy atom. The van der Waals surface area contributed by atoms with Gasteiger partial charge < -0.3 is 22.9 Å². The predicted octanol–water partition coefficient (Wildman–Crippen LogP) is 0.793. The average Bonchev–Trinajstić information content (AvgIpc) is 2.13.